The minimum Gasteiger partial charge on any atom is -0.310 e. The molecule has 0 amide bonds. The second-order valence-electron chi connectivity index (χ2n) is 5.70. The van der Waals surface area contributed by atoms with E-state index in [1.807, 2.05) is 0 Å². The van der Waals surface area contributed by atoms with E-state index in [1.165, 1.54) is 42.0 Å². The van der Waals surface area contributed by atoms with Crippen molar-refractivity contribution in [3.05, 3.63) is 48.0 Å². The molecule has 0 saturated heterocycles. The average Bonchev–Trinajstić information content (AvgIpc) is 3.27. The second-order valence-corrected chi connectivity index (χ2v) is 5.70. The molecule has 1 aliphatic carbocycles. The monoisotopic (exact) mass is 253 g/mol. The smallest absolute Gasteiger partial charge is 0.0326 e. The van der Waals surface area contributed by atoms with Gasteiger partial charge < -0.3 is 5.32 Å². The highest BCUT2D eigenvalue weighted by atomic mass is 14.9. The van der Waals surface area contributed by atoms with Crippen LogP contribution in [0.4, 0.5) is 0 Å². The van der Waals surface area contributed by atoms with Gasteiger partial charge in [-0.15, -0.1) is 0 Å². The van der Waals surface area contributed by atoms with Crippen molar-refractivity contribution in [1.82, 2.24) is 5.32 Å². The van der Waals surface area contributed by atoms with Crippen LogP contribution in [0, 0.1) is 5.92 Å². The molecule has 3 rings (SSSR count). The number of fused-ring (bicyclic) bond motifs is 1. The second kappa shape index (κ2) is 5.75. The van der Waals surface area contributed by atoms with Gasteiger partial charge in [0.15, 0.2) is 0 Å². The Bertz CT molecular complexity index is 537. The predicted molar refractivity (Wildman–Crippen MR) is 82.3 cm³/mol. The van der Waals surface area contributed by atoms with Crippen LogP contribution in [0.15, 0.2) is 42.5 Å². The number of nitrogens with one attached hydrogen (secondary N) is 1. The highest BCUT2D eigenvalue weighted by Gasteiger charge is 2.23. The molecular weight excluding hydrogens is 230 g/mol. The summed E-state index contributed by atoms with van der Waals surface area (Å²) in [6.07, 6.45) is 5.55. The summed E-state index contributed by atoms with van der Waals surface area (Å²) in [5.74, 6) is 1.01. The SMILES string of the molecule is CCNC(CCC1CC1)c1cccc2ccccc12. The molecule has 1 heteroatoms. The Labute approximate surface area is 116 Å². The van der Waals surface area contributed by atoms with E-state index in [1.54, 1.807) is 0 Å². The Morgan fingerprint density at radius 3 is 2.68 bits per heavy atom. The molecule has 0 bridgehead atoms. The van der Waals surface area contributed by atoms with Crippen molar-refractivity contribution in [3.63, 3.8) is 0 Å². The van der Waals surface area contributed by atoms with Crippen molar-refractivity contribution in [3.8, 4) is 0 Å². The molecule has 0 aromatic heterocycles. The van der Waals surface area contributed by atoms with Crippen LogP contribution in [0.1, 0.15) is 44.2 Å². The van der Waals surface area contributed by atoms with Crippen LogP contribution in [-0.4, -0.2) is 6.54 Å². The topological polar surface area (TPSA) is 12.0 Å². The van der Waals surface area contributed by atoms with Crippen molar-refractivity contribution >= 4 is 10.8 Å². The maximum absolute atomic E-state index is 3.67. The molecule has 1 nitrogen and oxygen atoms in total. The largest absolute Gasteiger partial charge is 0.310 e. The van der Waals surface area contributed by atoms with E-state index >= 15 is 0 Å². The molecule has 19 heavy (non-hydrogen) atoms. The molecular formula is C18H23N. The number of hydrogen-bond acceptors (Lipinski definition) is 1. The fourth-order valence-electron chi connectivity index (χ4n) is 2.98. The first-order valence-corrected chi connectivity index (χ1v) is 7.59. The molecule has 1 atom stereocenters. The third-order valence-electron chi connectivity index (χ3n) is 4.21. The Hall–Kier alpha value is -1.34. The van der Waals surface area contributed by atoms with Gasteiger partial charge in [-0.1, -0.05) is 62.2 Å². The first-order chi connectivity index (χ1) is 9.38. The normalized spacial score (nSPS) is 16.7. The summed E-state index contributed by atoms with van der Waals surface area (Å²) in [5, 5.41) is 6.44. The predicted octanol–water partition coefficient (Wildman–Crippen LogP) is 4.68. The zero-order valence-electron chi connectivity index (χ0n) is 11.7. The third kappa shape index (κ3) is 2.98. The molecule has 1 aliphatic rings. The van der Waals surface area contributed by atoms with Crippen LogP contribution in [0.25, 0.3) is 10.8 Å². The molecule has 1 saturated carbocycles. The first kappa shape index (κ1) is 12.7. The summed E-state index contributed by atoms with van der Waals surface area (Å²) >= 11 is 0. The summed E-state index contributed by atoms with van der Waals surface area (Å²) in [7, 11) is 0. The maximum atomic E-state index is 3.67. The average molecular weight is 253 g/mol. The summed E-state index contributed by atoms with van der Waals surface area (Å²) < 4.78 is 0. The van der Waals surface area contributed by atoms with Crippen LogP contribution in [-0.2, 0) is 0 Å². The molecule has 1 unspecified atom stereocenters. The van der Waals surface area contributed by atoms with Crippen molar-refractivity contribution in [2.45, 2.75) is 38.6 Å². The lowest BCUT2D eigenvalue weighted by Gasteiger charge is -2.20. The lowest BCUT2D eigenvalue weighted by Crippen LogP contribution is -2.21. The number of benzene rings is 2. The van der Waals surface area contributed by atoms with E-state index in [0.29, 0.717) is 6.04 Å². The van der Waals surface area contributed by atoms with Gasteiger partial charge in [0.1, 0.15) is 0 Å². The van der Waals surface area contributed by atoms with Gasteiger partial charge in [-0.05, 0) is 41.6 Å². The summed E-state index contributed by atoms with van der Waals surface area (Å²) in [6, 6.07) is 15.9. The molecule has 2 aromatic carbocycles. The van der Waals surface area contributed by atoms with Crippen LogP contribution < -0.4 is 5.32 Å². The van der Waals surface area contributed by atoms with Gasteiger partial charge in [-0.25, -0.2) is 0 Å². The van der Waals surface area contributed by atoms with Crippen LogP contribution in [0.3, 0.4) is 0 Å². The van der Waals surface area contributed by atoms with Gasteiger partial charge in [-0.3, -0.25) is 0 Å². The Morgan fingerprint density at radius 2 is 1.89 bits per heavy atom. The fourth-order valence-corrected chi connectivity index (χ4v) is 2.98. The Kier molecular flexibility index (Phi) is 3.84. The molecule has 100 valence electrons. The van der Waals surface area contributed by atoms with E-state index in [9.17, 15) is 0 Å². The number of rotatable bonds is 6. The molecule has 0 spiro atoms. The highest BCUT2D eigenvalue weighted by molar-refractivity contribution is 5.86. The zero-order chi connectivity index (χ0) is 13.1. The first-order valence-electron chi connectivity index (χ1n) is 7.59. The third-order valence-corrected chi connectivity index (χ3v) is 4.21. The van der Waals surface area contributed by atoms with Crippen molar-refractivity contribution < 1.29 is 0 Å². The van der Waals surface area contributed by atoms with Crippen molar-refractivity contribution in [2.24, 2.45) is 5.92 Å². The maximum Gasteiger partial charge on any atom is 0.0326 e. The lowest BCUT2D eigenvalue weighted by molar-refractivity contribution is 0.484. The summed E-state index contributed by atoms with van der Waals surface area (Å²) in [6.45, 7) is 3.24. The summed E-state index contributed by atoms with van der Waals surface area (Å²) in [4.78, 5) is 0. The van der Waals surface area contributed by atoms with Gasteiger partial charge >= 0.3 is 0 Å². The van der Waals surface area contributed by atoms with Crippen molar-refractivity contribution in [1.29, 1.82) is 0 Å². The van der Waals surface area contributed by atoms with Gasteiger partial charge in [0, 0.05) is 6.04 Å². The van der Waals surface area contributed by atoms with E-state index < -0.39 is 0 Å². The minimum atomic E-state index is 0.511. The highest BCUT2D eigenvalue weighted by Crippen LogP contribution is 2.36. The summed E-state index contributed by atoms with van der Waals surface area (Å²) in [5.41, 5.74) is 1.47. The minimum absolute atomic E-state index is 0.511. The van der Waals surface area contributed by atoms with Gasteiger partial charge in [0.05, 0.1) is 0 Å². The molecule has 0 aliphatic heterocycles. The fraction of sp³-hybridized carbons (Fsp3) is 0.444. The lowest BCUT2D eigenvalue weighted by atomic mass is 9.95. The molecule has 2 aromatic rings. The quantitative estimate of drug-likeness (QED) is 0.788. The van der Waals surface area contributed by atoms with E-state index in [-0.39, 0.29) is 0 Å². The van der Waals surface area contributed by atoms with E-state index in [2.05, 4.69) is 54.7 Å². The van der Waals surface area contributed by atoms with Crippen molar-refractivity contribution in [2.75, 3.05) is 6.54 Å². The molecule has 0 heterocycles. The molecule has 0 radical (unpaired) electrons. The van der Waals surface area contributed by atoms with Gasteiger partial charge in [-0.2, -0.15) is 0 Å². The molecule has 1 N–H and O–H groups in total. The van der Waals surface area contributed by atoms with Gasteiger partial charge in [0.2, 0.25) is 0 Å². The molecule has 1 fully saturated rings. The zero-order valence-corrected chi connectivity index (χ0v) is 11.7. The van der Waals surface area contributed by atoms with E-state index in [4.69, 9.17) is 0 Å². The van der Waals surface area contributed by atoms with E-state index in [0.717, 1.165) is 12.5 Å². The van der Waals surface area contributed by atoms with Crippen LogP contribution in [0.5, 0.6) is 0 Å². The van der Waals surface area contributed by atoms with Crippen LogP contribution in [0.2, 0.25) is 0 Å². The van der Waals surface area contributed by atoms with Crippen LogP contribution >= 0.6 is 0 Å². The number of hydrogen-bond donors (Lipinski definition) is 1. The van der Waals surface area contributed by atoms with Gasteiger partial charge in [0.25, 0.3) is 0 Å². The standard InChI is InChI=1S/C18H23N/c1-2-19-18(13-12-14-10-11-14)17-9-5-7-15-6-3-4-8-16(15)17/h3-9,14,18-19H,2,10-13H2,1H3. The Balaban J connectivity index is 1.89. The Morgan fingerprint density at radius 1 is 1.11 bits per heavy atom.